The average molecular weight is 658 g/mol. The van der Waals surface area contributed by atoms with Gasteiger partial charge in [0.05, 0.1) is 0 Å². The Hall–Kier alpha value is -4.48. The van der Waals surface area contributed by atoms with Crippen LogP contribution in [0.2, 0.25) is 0 Å². The number of carbonyl (C=O) groups excluding carboxylic acids is 2. The van der Waals surface area contributed by atoms with E-state index in [9.17, 15) is 41.0 Å². The molecule has 1 aliphatic rings. The first-order valence-electron chi connectivity index (χ1n) is 14.8. The molecular weight excluding hydrogens is 624 g/mol. The van der Waals surface area contributed by atoms with Crippen LogP contribution >= 0.6 is 0 Å². The number of hydrogen-bond donors (Lipinski definition) is 1. The number of allylic oxidation sites excluding steroid dienone is 2. The summed E-state index contributed by atoms with van der Waals surface area (Å²) in [6, 6.07) is 14.7. The molecule has 3 aromatic carbocycles. The van der Waals surface area contributed by atoms with Gasteiger partial charge in [0, 0.05) is 22.1 Å². The number of alkyl halides is 6. The number of aromatic hydroxyl groups is 1. The lowest BCUT2D eigenvalue weighted by Gasteiger charge is -2.35. The Balaban J connectivity index is 1.75. The zero-order valence-corrected chi connectivity index (χ0v) is 26.8. The van der Waals surface area contributed by atoms with Crippen molar-refractivity contribution in [3.8, 4) is 11.4 Å². The zero-order valence-electron chi connectivity index (χ0n) is 26.8. The second kappa shape index (κ2) is 10.8. The van der Waals surface area contributed by atoms with Crippen LogP contribution in [-0.4, -0.2) is 44.0 Å². The van der Waals surface area contributed by atoms with Crippen LogP contribution in [0, 0.1) is 5.41 Å². The normalized spacial score (nSPS) is 15.1. The molecule has 0 amide bonds. The first kappa shape index (κ1) is 33.9. The highest BCUT2D eigenvalue weighted by Gasteiger charge is 2.55. The van der Waals surface area contributed by atoms with Crippen LogP contribution < -0.4 is 0 Å². The van der Waals surface area contributed by atoms with Gasteiger partial charge in [-0.3, -0.25) is 9.59 Å². The van der Waals surface area contributed by atoms with E-state index in [1.807, 2.05) is 50.2 Å². The number of rotatable bonds is 5. The summed E-state index contributed by atoms with van der Waals surface area (Å²) in [6.07, 6.45) is -10.7. The maximum absolute atomic E-state index is 13.7. The van der Waals surface area contributed by atoms with E-state index >= 15 is 0 Å². The summed E-state index contributed by atoms with van der Waals surface area (Å²) < 4.78 is 82.4. The SMILES string of the molecule is CC(C)(C)CC(C)(C)c1cc(-n2nc3cc4c(cc3n2)C(=O)C(C(F)(F)F)=C(C(F)(F)F)C4=O)c(O)c(C(C)(C)c2ccccc2)c1. The minimum Gasteiger partial charge on any atom is -0.505 e. The number of benzene rings is 3. The van der Waals surface area contributed by atoms with Gasteiger partial charge in [0.15, 0.2) is 11.6 Å². The number of phenols is 1. The summed E-state index contributed by atoms with van der Waals surface area (Å²) in [7, 11) is 0. The smallest absolute Gasteiger partial charge is 0.420 e. The maximum atomic E-state index is 13.7. The maximum Gasteiger partial charge on any atom is 0.420 e. The predicted octanol–water partition coefficient (Wildman–Crippen LogP) is 8.97. The second-order valence-electron chi connectivity index (χ2n) is 14.3. The van der Waals surface area contributed by atoms with Gasteiger partial charge in [-0.2, -0.15) is 26.3 Å². The fourth-order valence-electron chi connectivity index (χ4n) is 6.56. The van der Waals surface area contributed by atoms with E-state index in [-0.39, 0.29) is 27.9 Å². The molecule has 0 atom stereocenters. The van der Waals surface area contributed by atoms with Crippen molar-refractivity contribution in [2.24, 2.45) is 5.41 Å². The Kier molecular flexibility index (Phi) is 7.77. The molecule has 47 heavy (non-hydrogen) atoms. The van der Waals surface area contributed by atoms with Crippen molar-refractivity contribution in [2.45, 2.75) is 78.1 Å². The van der Waals surface area contributed by atoms with Gasteiger partial charge in [0.25, 0.3) is 0 Å². The zero-order chi connectivity index (χ0) is 35.1. The van der Waals surface area contributed by atoms with Crippen LogP contribution in [0.4, 0.5) is 26.3 Å². The van der Waals surface area contributed by atoms with Crippen molar-refractivity contribution in [1.29, 1.82) is 0 Å². The lowest BCUT2D eigenvalue weighted by atomic mass is 9.70. The second-order valence-corrected chi connectivity index (χ2v) is 14.3. The number of halogens is 6. The highest BCUT2D eigenvalue weighted by atomic mass is 19.4. The molecule has 248 valence electrons. The van der Waals surface area contributed by atoms with Gasteiger partial charge >= 0.3 is 12.4 Å². The topological polar surface area (TPSA) is 85.1 Å². The van der Waals surface area contributed by atoms with Crippen LogP contribution in [0.3, 0.4) is 0 Å². The monoisotopic (exact) mass is 657 g/mol. The lowest BCUT2D eigenvalue weighted by molar-refractivity contribution is -0.111. The number of hydrogen-bond acceptors (Lipinski definition) is 5. The van der Waals surface area contributed by atoms with Gasteiger partial charge in [-0.1, -0.05) is 84.9 Å². The molecule has 4 aromatic rings. The van der Waals surface area contributed by atoms with Crippen LogP contribution in [0.5, 0.6) is 5.75 Å². The van der Waals surface area contributed by atoms with Gasteiger partial charge in [-0.05, 0) is 46.6 Å². The average Bonchev–Trinajstić information content (AvgIpc) is 3.34. The fraction of sp³-hybridized carbons (Fsp3) is 0.371. The van der Waals surface area contributed by atoms with E-state index in [0.29, 0.717) is 5.56 Å². The third-order valence-corrected chi connectivity index (χ3v) is 8.51. The first-order valence-corrected chi connectivity index (χ1v) is 14.8. The van der Waals surface area contributed by atoms with Crippen molar-refractivity contribution >= 4 is 22.6 Å². The third kappa shape index (κ3) is 6.05. The van der Waals surface area contributed by atoms with Crippen LogP contribution in [-0.2, 0) is 10.8 Å². The molecule has 1 N–H and O–H groups in total. The van der Waals surface area contributed by atoms with Gasteiger partial charge < -0.3 is 5.11 Å². The molecule has 0 unspecified atom stereocenters. The van der Waals surface area contributed by atoms with E-state index in [4.69, 9.17) is 0 Å². The first-order chi connectivity index (χ1) is 21.4. The summed E-state index contributed by atoms with van der Waals surface area (Å²) in [5.74, 6) is -4.18. The molecule has 12 heteroatoms. The fourth-order valence-corrected chi connectivity index (χ4v) is 6.56. The summed E-state index contributed by atoms with van der Waals surface area (Å²) in [4.78, 5) is 26.8. The molecule has 1 aromatic heterocycles. The molecule has 1 heterocycles. The minimum absolute atomic E-state index is 0.0913. The Morgan fingerprint density at radius 1 is 0.681 bits per heavy atom. The lowest BCUT2D eigenvalue weighted by Crippen LogP contribution is -2.36. The van der Waals surface area contributed by atoms with E-state index in [1.165, 1.54) is 0 Å². The molecule has 0 saturated heterocycles. The number of fused-ring (bicyclic) bond motifs is 2. The molecule has 0 spiro atoms. The van der Waals surface area contributed by atoms with Crippen LogP contribution in [0.15, 0.2) is 65.7 Å². The Morgan fingerprint density at radius 2 is 1.15 bits per heavy atom. The standard InChI is InChI=1S/C35H33F6N3O3/c1-31(2,3)17-32(4,5)19-13-22(33(6,7)18-11-9-8-10-12-18)30(47)25(14-19)44-42-23-15-20-21(16-24(23)43-44)29(46)27(35(39,40)41)26(28(20)45)34(36,37)38/h8-16,47H,17H2,1-7H3. The van der Waals surface area contributed by atoms with Crippen LogP contribution in [0.25, 0.3) is 16.7 Å². The quantitative estimate of drug-likeness (QED) is 0.217. The van der Waals surface area contributed by atoms with Crippen molar-refractivity contribution < 1.29 is 41.0 Å². The highest BCUT2D eigenvalue weighted by molar-refractivity contribution is 6.28. The Labute approximate surface area is 267 Å². The molecule has 1 aliphatic carbocycles. The molecule has 0 fully saturated rings. The van der Waals surface area contributed by atoms with Crippen molar-refractivity contribution in [3.63, 3.8) is 0 Å². The van der Waals surface area contributed by atoms with Crippen molar-refractivity contribution in [2.75, 3.05) is 0 Å². The van der Waals surface area contributed by atoms with Gasteiger partial charge in [-0.25, -0.2) is 0 Å². The molecular formula is C35H33F6N3O3. The number of nitrogens with zero attached hydrogens (tertiary/aromatic N) is 3. The number of Topliss-reactive ketones (excluding diaryl/α,β-unsaturated/α-hetero) is 2. The largest absolute Gasteiger partial charge is 0.505 e. The molecule has 6 nitrogen and oxygen atoms in total. The summed E-state index contributed by atoms with van der Waals surface area (Å²) in [6.45, 7) is 14.3. The number of aromatic nitrogens is 3. The van der Waals surface area contributed by atoms with Crippen LogP contribution in [0.1, 0.15) is 92.3 Å². The van der Waals surface area contributed by atoms with Gasteiger partial charge in [0.2, 0.25) is 0 Å². The Bertz CT molecular complexity index is 1890. The molecule has 0 bridgehead atoms. The number of ketones is 2. The molecule has 0 radical (unpaired) electrons. The van der Waals surface area contributed by atoms with Gasteiger partial charge in [-0.15, -0.1) is 15.0 Å². The molecule has 0 aliphatic heterocycles. The number of phenolic OH excluding ortho intramolecular Hbond substituents is 1. The summed E-state index contributed by atoms with van der Waals surface area (Å²) in [5, 5.41) is 20.4. The number of carbonyl (C=O) groups is 2. The third-order valence-electron chi connectivity index (χ3n) is 8.51. The minimum atomic E-state index is -5.74. The summed E-state index contributed by atoms with van der Waals surface area (Å²) in [5.41, 5.74) is -6.16. The van der Waals surface area contributed by atoms with Crippen molar-refractivity contribution in [1.82, 2.24) is 15.0 Å². The van der Waals surface area contributed by atoms with E-state index < -0.39 is 57.0 Å². The molecule has 5 rings (SSSR count). The highest BCUT2D eigenvalue weighted by Crippen LogP contribution is 2.46. The van der Waals surface area contributed by atoms with Gasteiger partial charge in [0.1, 0.15) is 33.6 Å². The Morgan fingerprint density at radius 3 is 1.57 bits per heavy atom. The van der Waals surface area contributed by atoms with E-state index in [0.717, 1.165) is 34.5 Å². The van der Waals surface area contributed by atoms with E-state index in [1.54, 1.807) is 6.07 Å². The van der Waals surface area contributed by atoms with Crippen molar-refractivity contribution in [3.05, 3.63) is 93.6 Å². The predicted molar refractivity (Wildman–Crippen MR) is 164 cm³/mol. The molecule has 0 saturated carbocycles. The van der Waals surface area contributed by atoms with E-state index in [2.05, 4.69) is 44.8 Å². The summed E-state index contributed by atoms with van der Waals surface area (Å²) >= 11 is 0.